The molecule has 0 aromatic heterocycles. The topological polar surface area (TPSA) is 136 Å². The molecule has 6 atom stereocenters. The van der Waals surface area contributed by atoms with Crippen molar-refractivity contribution < 1.29 is 18.7 Å². The Bertz CT molecular complexity index is 725. The number of rotatable bonds is 6. The van der Waals surface area contributed by atoms with Crippen LogP contribution in [0.3, 0.4) is 0 Å². The van der Waals surface area contributed by atoms with Crippen LogP contribution in [0.4, 0.5) is 4.39 Å². The number of primary amides is 1. The highest BCUT2D eigenvalue weighted by atomic mass is 19.1. The number of methoxy groups -OCH3 is 1. The Balaban J connectivity index is 1.42. The molecule has 0 spiro atoms. The van der Waals surface area contributed by atoms with E-state index in [0.717, 1.165) is 45.3 Å². The van der Waals surface area contributed by atoms with Gasteiger partial charge in [0.2, 0.25) is 11.8 Å². The molecule has 12 heteroatoms. The van der Waals surface area contributed by atoms with E-state index < -0.39 is 12.1 Å². The first kappa shape index (κ1) is 26.6. The zero-order valence-electron chi connectivity index (χ0n) is 21.0. The molecule has 4 aliphatic rings. The molecule has 1 saturated carbocycles. The summed E-state index contributed by atoms with van der Waals surface area (Å²) in [7, 11) is 1.72. The Hall–Kier alpha value is -1.41. The lowest BCUT2D eigenvalue weighted by Gasteiger charge is -2.47. The highest BCUT2D eigenvalue weighted by Crippen LogP contribution is 2.30. The van der Waals surface area contributed by atoms with E-state index in [9.17, 15) is 14.0 Å². The van der Waals surface area contributed by atoms with Gasteiger partial charge in [0.1, 0.15) is 12.5 Å². The normalized spacial score (nSPS) is 39.7. The molecule has 4 fully saturated rings. The largest absolute Gasteiger partial charge is 0.379 e. The Morgan fingerprint density at radius 2 is 1.80 bits per heavy atom. The van der Waals surface area contributed by atoms with E-state index in [-0.39, 0.29) is 48.5 Å². The number of hydrogen-bond acceptors (Lipinski definition) is 9. The summed E-state index contributed by atoms with van der Waals surface area (Å²) in [6.07, 6.45) is 2.42. The van der Waals surface area contributed by atoms with Crippen molar-refractivity contribution in [3.8, 4) is 0 Å². The van der Waals surface area contributed by atoms with Gasteiger partial charge in [-0.25, -0.2) is 4.39 Å². The van der Waals surface area contributed by atoms with Crippen molar-refractivity contribution >= 4 is 11.8 Å². The molecule has 0 aromatic rings. The minimum atomic E-state index is -0.876. The van der Waals surface area contributed by atoms with Crippen molar-refractivity contribution in [3.63, 3.8) is 0 Å². The second-order valence-electron chi connectivity index (χ2n) is 10.3. The van der Waals surface area contributed by atoms with Crippen molar-refractivity contribution in [2.24, 2.45) is 17.6 Å². The molecule has 3 saturated heterocycles. The average Bonchev–Trinajstić information content (AvgIpc) is 3.11. The van der Waals surface area contributed by atoms with Crippen LogP contribution in [0.2, 0.25) is 0 Å². The van der Waals surface area contributed by atoms with E-state index in [1.807, 2.05) is 4.90 Å². The molecule has 4 rings (SSSR count). The number of nitrogens with two attached hydrogens (primary N) is 1. The fourth-order valence-electron chi connectivity index (χ4n) is 6.14. The predicted molar refractivity (Wildman–Crippen MR) is 130 cm³/mol. The smallest absolute Gasteiger partial charge is 0.224 e. The quantitative estimate of drug-likeness (QED) is 0.248. The Kier molecular flexibility index (Phi) is 9.30. The summed E-state index contributed by atoms with van der Waals surface area (Å²) in [5.74, 6) is -0.480. The zero-order chi connectivity index (χ0) is 24.9. The molecule has 0 aromatic carbocycles. The number of carbonyl (C=O) groups excluding carboxylic acids is 2. The van der Waals surface area contributed by atoms with Crippen LogP contribution in [0, 0.1) is 11.8 Å². The van der Waals surface area contributed by atoms with E-state index in [4.69, 9.17) is 10.5 Å². The van der Waals surface area contributed by atoms with Crippen LogP contribution in [0.1, 0.15) is 32.6 Å². The number of halogens is 1. The summed E-state index contributed by atoms with van der Waals surface area (Å²) in [5, 5.41) is 17.3. The predicted octanol–water partition coefficient (Wildman–Crippen LogP) is -1.93. The summed E-state index contributed by atoms with van der Waals surface area (Å²) in [5.41, 5.74) is 5.78. The van der Waals surface area contributed by atoms with E-state index in [1.54, 1.807) is 14.0 Å². The Morgan fingerprint density at radius 1 is 1.03 bits per heavy atom. The summed E-state index contributed by atoms with van der Waals surface area (Å²) in [4.78, 5) is 28.3. The van der Waals surface area contributed by atoms with Gasteiger partial charge in [-0.15, -0.1) is 0 Å². The van der Waals surface area contributed by atoms with Gasteiger partial charge < -0.3 is 15.4 Å². The first-order chi connectivity index (χ1) is 16.9. The van der Waals surface area contributed by atoms with Crippen molar-refractivity contribution in [1.29, 1.82) is 0 Å². The summed E-state index contributed by atoms with van der Waals surface area (Å²) in [6.45, 7) is 5.82. The fraction of sp³-hybridized carbons (Fsp3) is 0.913. The number of amides is 2. The number of carbonyl (C=O) groups is 2. The van der Waals surface area contributed by atoms with Gasteiger partial charge in [-0.2, -0.15) is 0 Å². The van der Waals surface area contributed by atoms with Crippen LogP contribution in [0.5, 0.6) is 0 Å². The first-order valence-electron chi connectivity index (χ1n) is 13.1. The SMILES string of the molecule is COC1C(NC2NC(N3CCCN(C(C)=O)CC3)NCC2C(N)=O)CCCC1C1NCC(F)CN1. The lowest BCUT2D eigenvalue weighted by Crippen LogP contribution is -2.72. The van der Waals surface area contributed by atoms with Crippen LogP contribution >= 0.6 is 0 Å². The minimum Gasteiger partial charge on any atom is -0.379 e. The van der Waals surface area contributed by atoms with Gasteiger partial charge in [0.05, 0.1) is 24.4 Å². The number of hydrogen-bond donors (Lipinski definition) is 6. The van der Waals surface area contributed by atoms with Crippen molar-refractivity contribution in [2.45, 2.75) is 69.5 Å². The van der Waals surface area contributed by atoms with Crippen molar-refractivity contribution in [2.75, 3.05) is 52.9 Å². The molecule has 35 heavy (non-hydrogen) atoms. The van der Waals surface area contributed by atoms with Gasteiger partial charge in [-0.3, -0.25) is 41.1 Å². The van der Waals surface area contributed by atoms with Gasteiger partial charge in [0, 0.05) is 71.8 Å². The van der Waals surface area contributed by atoms with Gasteiger partial charge in [-0.05, 0) is 19.3 Å². The van der Waals surface area contributed by atoms with Gasteiger partial charge in [0.25, 0.3) is 0 Å². The molecule has 11 nitrogen and oxygen atoms in total. The highest BCUT2D eigenvalue weighted by Gasteiger charge is 2.43. The first-order valence-corrected chi connectivity index (χ1v) is 13.1. The van der Waals surface area contributed by atoms with Crippen LogP contribution < -0.4 is 32.3 Å². The molecule has 3 aliphatic heterocycles. The number of nitrogens with one attached hydrogen (secondary N) is 5. The van der Waals surface area contributed by atoms with E-state index in [0.29, 0.717) is 26.2 Å². The van der Waals surface area contributed by atoms with E-state index in [1.165, 1.54) is 0 Å². The van der Waals surface area contributed by atoms with Crippen LogP contribution in [-0.4, -0.2) is 111 Å². The zero-order valence-corrected chi connectivity index (χ0v) is 21.0. The highest BCUT2D eigenvalue weighted by molar-refractivity contribution is 5.77. The fourth-order valence-corrected chi connectivity index (χ4v) is 6.14. The molecule has 0 bridgehead atoms. The second-order valence-corrected chi connectivity index (χ2v) is 10.3. The van der Waals surface area contributed by atoms with Crippen LogP contribution in [-0.2, 0) is 14.3 Å². The third kappa shape index (κ3) is 6.48. The lowest BCUT2D eigenvalue weighted by molar-refractivity contribution is -0.129. The molecular formula is C23H43FN8O3. The molecule has 0 radical (unpaired) electrons. The minimum absolute atomic E-state index is 0.00135. The molecule has 200 valence electrons. The molecular weight excluding hydrogens is 455 g/mol. The molecule has 3 heterocycles. The van der Waals surface area contributed by atoms with Crippen molar-refractivity contribution in [1.82, 2.24) is 36.4 Å². The number of ether oxygens (including phenoxy) is 1. The Morgan fingerprint density at radius 3 is 2.49 bits per heavy atom. The summed E-state index contributed by atoms with van der Waals surface area (Å²) < 4.78 is 19.6. The molecule has 7 N–H and O–H groups in total. The summed E-state index contributed by atoms with van der Waals surface area (Å²) in [6, 6.07) is 0.0286. The maximum atomic E-state index is 13.6. The lowest BCUT2D eigenvalue weighted by atomic mass is 9.80. The maximum Gasteiger partial charge on any atom is 0.224 e. The standard InChI is InChI=1S/C23H43FN8O3/c1-14(33)31-7-4-8-32(10-9-31)23-28-13-17(20(25)34)22(30-23)29-18-6-3-5-16(19(18)35-2)21-26-11-15(24)12-27-21/h15-19,21-23,26-30H,3-13H2,1-2H3,(H2,25,34). The van der Waals surface area contributed by atoms with Gasteiger partial charge in [0.15, 0.2) is 0 Å². The summed E-state index contributed by atoms with van der Waals surface area (Å²) >= 11 is 0. The van der Waals surface area contributed by atoms with Crippen LogP contribution in [0.25, 0.3) is 0 Å². The molecule has 1 aliphatic carbocycles. The van der Waals surface area contributed by atoms with Crippen molar-refractivity contribution in [3.05, 3.63) is 0 Å². The molecule has 6 unspecified atom stereocenters. The molecule has 2 amide bonds. The third-order valence-corrected chi connectivity index (χ3v) is 8.06. The maximum absolute atomic E-state index is 13.6. The van der Waals surface area contributed by atoms with E-state index in [2.05, 4.69) is 31.5 Å². The Labute approximate surface area is 207 Å². The number of nitrogens with zero attached hydrogens (tertiary/aromatic N) is 2. The van der Waals surface area contributed by atoms with E-state index >= 15 is 0 Å². The van der Waals surface area contributed by atoms with Crippen LogP contribution in [0.15, 0.2) is 0 Å². The van der Waals surface area contributed by atoms with Gasteiger partial charge >= 0.3 is 0 Å². The third-order valence-electron chi connectivity index (χ3n) is 8.06. The average molecular weight is 499 g/mol. The monoisotopic (exact) mass is 498 g/mol. The second kappa shape index (κ2) is 12.2. The number of alkyl halides is 1. The van der Waals surface area contributed by atoms with Gasteiger partial charge in [-0.1, -0.05) is 6.42 Å².